The molecule has 3 heteroatoms. The van der Waals surface area contributed by atoms with Crippen molar-refractivity contribution in [3.05, 3.63) is 29.3 Å². The summed E-state index contributed by atoms with van der Waals surface area (Å²) in [6.45, 7) is 6.60. The lowest BCUT2D eigenvalue weighted by Gasteiger charge is -2.39. The molecule has 0 heterocycles. The number of methoxy groups -OCH3 is 1. The fraction of sp³-hybridized carbons (Fsp3) is 0.562. The van der Waals surface area contributed by atoms with Crippen LogP contribution in [-0.4, -0.2) is 19.1 Å². The van der Waals surface area contributed by atoms with Crippen LogP contribution < -0.4 is 5.32 Å². The van der Waals surface area contributed by atoms with Crippen LogP contribution in [0.2, 0.25) is 0 Å². The quantitative estimate of drug-likeness (QED) is 0.841. The first-order valence-electron chi connectivity index (χ1n) is 6.96. The summed E-state index contributed by atoms with van der Waals surface area (Å²) in [7, 11) is 1.41. The van der Waals surface area contributed by atoms with Crippen molar-refractivity contribution < 1.29 is 9.53 Å². The summed E-state index contributed by atoms with van der Waals surface area (Å²) in [4.78, 5) is 11.4. The van der Waals surface area contributed by atoms with E-state index in [0.717, 1.165) is 23.1 Å². The number of anilines is 1. The molecule has 0 bridgehead atoms. The van der Waals surface area contributed by atoms with Gasteiger partial charge < -0.3 is 10.1 Å². The molecule has 0 amide bonds. The lowest BCUT2D eigenvalue weighted by molar-refractivity contribution is 0.0600. The normalized spacial score (nSPS) is 21.9. The lowest BCUT2D eigenvalue weighted by atomic mass is 9.73. The number of nitrogens with one attached hydrogen (secondary N) is 1. The molecule has 0 aliphatic heterocycles. The Morgan fingerprint density at radius 2 is 2.05 bits per heavy atom. The van der Waals surface area contributed by atoms with Crippen molar-refractivity contribution >= 4 is 11.7 Å². The number of benzene rings is 1. The highest BCUT2D eigenvalue weighted by Crippen LogP contribution is 2.36. The van der Waals surface area contributed by atoms with E-state index < -0.39 is 0 Å². The minimum atomic E-state index is -0.279. The number of hydrogen-bond acceptors (Lipinski definition) is 3. The number of carbonyl (C=O) groups is 1. The van der Waals surface area contributed by atoms with Gasteiger partial charge in [-0.2, -0.15) is 0 Å². The highest BCUT2D eigenvalue weighted by atomic mass is 16.5. The van der Waals surface area contributed by atoms with Gasteiger partial charge in [0.25, 0.3) is 0 Å². The second-order valence-electron chi connectivity index (χ2n) is 5.84. The van der Waals surface area contributed by atoms with Gasteiger partial charge in [-0.3, -0.25) is 0 Å². The Hall–Kier alpha value is -1.51. The van der Waals surface area contributed by atoms with Crippen LogP contribution >= 0.6 is 0 Å². The van der Waals surface area contributed by atoms with Gasteiger partial charge in [0.05, 0.1) is 12.7 Å². The standard InChI is InChI=1S/C16H23NO2/c1-10(2)13-8-14(9-13)17-15-6-5-12(7-11(15)3)16(18)19-4/h5-7,10,13-14,17H,8-9H2,1-4H3. The van der Waals surface area contributed by atoms with E-state index in [1.54, 1.807) is 0 Å². The molecule has 0 radical (unpaired) electrons. The molecule has 1 N–H and O–H groups in total. The summed E-state index contributed by atoms with van der Waals surface area (Å²) in [6, 6.07) is 6.26. The summed E-state index contributed by atoms with van der Waals surface area (Å²) >= 11 is 0. The molecule has 1 fully saturated rings. The van der Waals surface area contributed by atoms with Crippen molar-refractivity contribution in [3.8, 4) is 0 Å². The predicted octanol–water partition coefficient (Wildman–Crippen LogP) is 3.63. The summed E-state index contributed by atoms with van der Waals surface area (Å²) in [5, 5.41) is 3.56. The van der Waals surface area contributed by atoms with Crippen molar-refractivity contribution in [2.24, 2.45) is 11.8 Å². The smallest absolute Gasteiger partial charge is 0.337 e. The van der Waals surface area contributed by atoms with Crippen LogP contribution in [0.15, 0.2) is 18.2 Å². The second-order valence-corrected chi connectivity index (χ2v) is 5.84. The highest BCUT2D eigenvalue weighted by molar-refractivity contribution is 5.90. The summed E-state index contributed by atoms with van der Waals surface area (Å²) in [5.74, 6) is 1.35. The van der Waals surface area contributed by atoms with Gasteiger partial charge in [0.15, 0.2) is 0 Å². The molecule has 0 atom stereocenters. The molecule has 3 nitrogen and oxygen atoms in total. The van der Waals surface area contributed by atoms with Crippen LogP contribution in [-0.2, 0) is 4.74 Å². The van der Waals surface area contributed by atoms with E-state index in [0.29, 0.717) is 11.6 Å². The monoisotopic (exact) mass is 261 g/mol. The van der Waals surface area contributed by atoms with E-state index in [4.69, 9.17) is 4.74 Å². The van der Waals surface area contributed by atoms with Gasteiger partial charge in [-0.05, 0) is 55.4 Å². The molecule has 104 valence electrons. The summed E-state index contributed by atoms with van der Waals surface area (Å²) in [6.07, 6.45) is 2.49. The van der Waals surface area contributed by atoms with E-state index in [1.807, 2.05) is 25.1 Å². The number of aryl methyl sites for hydroxylation is 1. The Kier molecular flexibility index (Phi) is 4.13. The van der Waals surface area contributed by atoms with Crippen LogP contribution in [0.3, 0.4) is 0 Å². The first-order chi connectivity index (χ1) is 9.01. The third kappa shape index (κ3) is 3.09. The van der Waals surface area contributed by atoms with E-state index >= 15 is 0 Å². The second kappa shape index (κ2) is 5.64. The first kappa shape index (κ1) is 13.9. The fourth-order valence-electron chi connectivity index (χ4n) is 2.61. The summed E-state index contributed by atoms with van der Waals surface area (Å²) in [5.41, 5.74) is 2.83. The van der Waals surface area contributed by atoms with Crippen LogP contribution in [0.25, 0.3) is 0 Å². The molecule has 1 aliphatic rings. The summed E-state index contributed by atoms with van der Waals surface area (Å²) < 4.78 is 4.73. The molecule has 1 aromatic rings. The van der Waals surface area contributed by atoms with Gasteiger partial charge in [-0.15, -0.1) is 0 Å². The molecule has 1 aliphatic carbocycles. The first-order valence-corrected chi connectivity index (χ1v) is 6.96. The maximum atomic E-state index is 11.4. The molecule has 19 heavy (non-hydrogen) atoms. The molecule has 1 saturated carbocycles. The highest BCUT2D eigenvalue weighted by Gasteiger charge is 2.31. The van der Waals surface area contributed by atoms with E-state index in [1.165, 1.54) is 20.0 Å². The molecule has 0 saturated heterocycles. The van der Waals surface area contributed by atoms with Gasteiger partial charge in [0.1, 0.15) is 0 Å². The van der Waals surface area contributed by atoms with Crippen molar-refractivity contribution in [3.63, 3.8) is 0 Å². The molecular weight excluding hydrogens is 238 g/mol. The van der Waals surface area contributed by atoms with Crippen molar-refractivity contribution in [1.29, 1.82) is 0 Å². The molecule has 2 rings (SSSR count). The maximum absolute atomic E-state index is 11.4. The fourth-order valence-corrected chi connectivity index (χ4v) is 2.61. The van der Waals surface area contributed by atoms with E-state index in [2.05, 4.69) is 19.2 Å². The molecular formula is C16H23NO2. The van der Waals surface area contributed by atoms with Gasteiger partial charge in [0.2, 0.25) is 0 Å². The number of carbonyl (C=O) groups excluding carboxylic acids is 1. The zero-order valence-corrected chi connectivity index (χ0v) is 12.2. The largest absolute Gasteiger partial charge is 0.465 e. The average molecular weight is 261 g/mol. The third-order valence-electron chi connectivity index (χ3n) is 4.12. The number of esters is 1. The SMILES string of the molecule is COC(=O)c1ccc(NC2CC(C(C)C)C2)c(C)c1. The van der Waals surface area contributed by atoms with E-state index in [-0.39, 0.29) is 5.97 Å². The van der Waals surface area contributed by atoms with Crippen LogP contribution in [0, 0.1) is 18.8 Å². The van der Waals surface area contributed by atoms with E-state index in [9.17, 15) is 4.79 Å². The minimum absolute atomic E-state index is 0.279. The maximum Gasteiger partial charge on any atom is 0.337 e. The van der Waals surface area contributed by atoms with Gasteiger partial charge in [-0.1, -0.05) is 13.8 Å². The zero-order valence-electron chi connectivity index (χ0n) is 12.2. The van der Waals surface area contributed by atoms with Crippen molar-refractivity contribution in [2.45, 2.75) is 39.7 Å². The number of ether oxygens (including phenoxy) is 1. The van der Waals surface area contributed by atoms with Crippen LogP contribution in [0.4, 0.5) is 5.69 Å². The Morgan fingerprint density at radius 3 is 2.58 bits per heavy atom. The third-order valence-corrected chi connectivity index (χ3v) is 4.12. The zero-order chi connectivity index (χ0) is 14.0. The topological polar surface area (TPSA) is 38.3 Å². The Balaban J connectivity index is 1.97. The number of hydrogen-bond donors (Lipinski definition) is 1. The molecule has 0 spiro atoms. The van der Waals surface area contributed by atoms with Crippen LogP contribution in [0.1, 0.15) is 42.6 Å². The van der Waals surface area contributed by atoms with Crippen LogP contribution in [0.5, 0.6) is 0 Å². The molecule has 1 aromatic carbocycles. The number of rotatable bonds is 4. The van der Waals surface area contributed by atoms with Crippen molar-refractivity contribution in [1.82, 2.24) is 0 Å². The Labute approximate surface area is 115 Å². The lowest BCUT2D eigenvalue weighted by Crippen LogP contribution is -2.38. The molecule has 0 aromatic heterocycles. The predicted molar refractivity (Wildman–Crippen MR) is 77.5 cm³/mol. The molecule has 0 unspecified atom stereocenters. The van der Waals surface area contributed by atoms with Gasteiger partial charge >= 0.3 is 5.97 Å². The van der Waals surface area contributed by atoms with Gasteiger partial charge in [0, 0.05) is 11.7 Å². The minimum Gasteiger partial charge on any atom is -0.465 e. The average Bonchev–Trinajstić information content (AvgIpc) is 2.33. The Morgan fingerprint density at radius 1 is 1.37 bits per heavy atom. The Bertz CT molecular complexity index is 462. The van der Waals surface area contributed by atoms with Crippen molar-refractivity contribution in [2.75, 3.05) is 12.4 Å². The van der Waals surface area contributed by atoms with Gasteiger partial charge in [-0.25, -0.2) is 4.79 Å².